The monoisotopic (exact) mass is 418 g/mol. The number of likely N-dealkylation sites (tertiary alicyclic amines) is 1. The Bertz CT molecular complexity index is 1110. The molecule has 4 aromatic rings. The highest BCUT2D eigenvalue weighted by molar-refractivity contribution is 7.09. The van der Waals surface area contributed by atoms with Crippen LogP contribution in [0.5, 0.6) is 5.75 Å². The van der Waals surface area contributed by atoms with Gasteiger partial charge in [-0.05, 0) is 49.7 Å². The van der Waals surface area contributed by atoms with E-state index < -0.39 is 0 Å². The Hall–Kier alpha value is -3.03. The van der Waals surface area contributed by atoms with E-state index in [1.165, 1.54) is 4.88 Å². The highest BCUT2D eigenvalue weighted by Gasteiger charge is 2.25. The van der Waals surface area contributed by atoms with Crippen LogP contribution in [0.2, 0.25) is 0 Å². The third kappa shape index (κ3) is 4.13. The van der Waals surface area contributed by atoms with Crippen molar-refractivity contribution in [1.82, 2.24) is 20.0 Å². The number of aromatic nitrogens is 3. The van der Waals surface area contributed by atoms with Crippen molar-refractivity contribution in [2.24, 2.45) is 0 Å². The van der Waals surface area contributed by atoms with Gasteiger partial charge in [-0.25, -0.2) is 4.98 Å². The lowest BCUT2D eigenvalue weighted by atomic mass is 10.2. The van der Waals surface area contributed by atoms with E-state index in [1.807, 2.05) is 60.1 Å². The Kier molecular flexibility index (Phi) is 5.29. The van der Waals surface area contributed by atoms with Crippen LogP contribution >= 0.6 is 11.3 Å². The van der Waals surface area contributed by atoms with E-state index in [4.69, 9.17) is 9.26 Å². The molecule has 2 aromatic carbocycles. The summed E-state index contributed by atoms with van der Waals surface area (Å²) in [6.45, 7) is 5.01. The van der Waals surface area contributed by atoms with E-state index in [0.29, 0.717) is 11.7 Å². The zero-order chi connectivity index (χ0) is 20.3. The van der Waals surface area contributed by atoms with Crippen LogP contribution < -0.4 is 4.74 Å². The maximum Gasteiger partial charge on any atom is 0.258 e. The van der Waals surface area contributed by atoms with Gasteiger partial charge in [-0.1, -0.05) is 23.4 Å². The van der Waals surface area contributed by atoms with E-state index in [-0.39, 0.29) is 6.10 Å². The summed E-state index contributed by atoms with van der Waals surface area (Å²) in [4.78, 5) is 12.6. The Morgan fingerprint density at radius 3 is 2.70 bits per heavy atom. The van der Waals surface area contributed by atoms with E-state index >= 15 is 0 Å². The maximum atomic E-state index is 6.20. The molecule has 1 fully saturated rings. The van der Waals surface area contributed by atoms with Gasteiger partial charge < -0.3 is 9.26 Å². The Morgan fingerprint density at radius 1 is 1.10 bits per heavy atom. The number of rotatable bonds is 6. The van der Waals surface area contributed by atoms with Gasteiger partial charge in [-0.3, -0.25) is 4.90 Å². The van der Waals surface area contributed by atoms with Crippen LogP contribution in [0.15, 0.2) is 64.6 Å². The van der Waals surface area contributed by atoms with Crippen LogP contribution in [-0.4, -0.2) is 39.2 Å². The van der Waals surface area contributed by atoms with E-state index in [0.717, 1.165) is 48.6 Å². The minimum atomic E-state index is 0.207. The summed E-state index contributed by atoms with van der Waals surface area (Å²) < 4.78 is 11.6. The summed E-state index contributed by atoms with van der Waals surface area (Å²) in [6.07, 6.45) is 1.24. The summed E-state index contributed by atoms with van der Waals surface area (Å²) >= 11 is 1.73. The number of benzene rings is 2. The lowest BCUT2D eigenvalue weighted by Gasteiger charge is -2.16. The summed E-state index contributed by atoms with van der Waals surface area (Å²) in [5.41, 5.74) is 4.87. The van der Waals surface area contributed by atoms with Gasteiger partial charge in [-0.15, -0.1) is 11.3 Å². The molecule has 0 N–H and O–H groups in total. The van der Waals surface area contributed by atoms with Crippen molar-refractivity contribution >= 4 is 11.3 Å². The topological polar surface area (TPSA) is 64.3 Å². The summed E-state index contributed by atoms with van der Waals surface area (Å²) in [5.74, 6) is 1.96. The highest BCUT2D eigenvalue weighted by atomic mass is 32.1. The molecule has 152 valence electrons. The smallest absolute Gasteiger partial charge is 0.258 e. The number of aryl methyl sites for hydroxylation is 1. The number of thiazole rings is 1. The van der Waals surface area contributed by atoms with E-state index in [2.05, 4.69) is 26.9 Å². The van der Waals surface area contributed by atoms with Gasteiger partial charge >= 0.3 is 0 Å². The number of nitrogens with zero attached hydrogens (tertiary/aromatic N) is 4. The molecule has 1 unspecified atom stereocenters. The van der Waals surface area contributed by atoms with Gasteiger partial charge in [0, 0.05) is 35.6 Å². The molecule has 30 heavy (non-hydrogen) atoms. The molecule has 0 spiro atoms. The Balaban J connectivity index is 1.20. The molecule has 7 heteroatoms. The molecule has 0 bridgehead atoms. The zero-order valence-corrected chi connectivity index (χ0v) is 17.5. The molecule has 5 rings (SSSR count). The normalized spacial score (nSPS) is 16.8. The average Bonchev–Trinajstić information content (AvgIpc) is 3.52. The second kappa shape index (κ2) is 8.38. The van der Waals surface area contributed by atoms with Gasteiger partial charge in [0.05, 0.1) is 11.2 Å². The molecule has 1 saturated heterocycles. The largest absolute Gasteiger partial charge is 0.489 e. The van der Waals surface area contributed by atoms with Crippen LogP contribution in [0.4, 0.5) is 0 Å². The molecular formula is C23H22N4O2S. The fourth-order valence-corrected chi connectivity index (χ4v) is 4.45. The third-order valence-corrected chi connectivity index (χ3v) is 6.22. The minimum absolute atomic E-state index is 0.207. The molecule has 0 amide bonds. The Morgan fingerprint density at radius 2 is 1.93 bits per heavy atom. The van der Waals surface area contributed by atoms with Crippen molar-refractivity contribution in [2.75, 3.05) is 13.1 Å². The maximum absolute atomic E-state index is 6.20. The molecule has 6 nitrogen and oxygen atoms in total. The van der Waals surface area contributed by atoms with Crippen LogP contribution in [-0.2, 0) is 6.54 Å². The van der Waals surface area contributed by atoms with Crippen molar-refractivity contribution < 1.29 is 9.26 Å². The molecule has 1 aliphatic rings. The molecule has 1 atom stereocenters. The summed E-state index contributed by atoms with van der Waals surface area (Å²) in [6, 6.07) is 17.7. The Labute approximate surface area is 179 Å². The SMILES string of the molecule is Cc1ncsc1CN1CCC(Oc2ccc(-c3noc(-c4ccccc4)n3)cc2)C1. The molecule has 0 saturated carbocycles. The molecule has 0 aliphatic carbocycles. The molecule has 2 aromatic heterocycles. The third-order valence-electron chi connectivity index (χ3n) is 5.30. The first-order valence-electron chi connectivity index (χ1n) is 10.0. The predicted molar refractivity (Wildman–Crippen MR) is 116 cm³/mol. The number of hydrogen-bond donors (Lipinski definition) is 0. The summed E-state index contributed by atoms with van der Waals surface area (Å²) in [5, 5.41) is 4.11. The first-order valence-corrected chi connectivity index (χ1v) is 10.9. The molecule has 0 radical (unpaired) electrons. The van der Waals surface area contributed by atoms with Gasteiger partial charge in [-0.2, -0.15) is 4.98 Å². The number of hydrogen-bond acceptors (Lipinski definition) is 7. The second-order valence-corrected chi connectivity index (χ2v) is 8.38. The average molecular weight is 419 g/mol. The van der Waals surface area contributed by atoms with Gasteiger partial charge in [0.2, 0.25) is 5.82 Å². The predicted octanol–water partition coefficient (Wildman–Crippen LogP) is 4.82. The minimum Gasteiger partial charge on any atom is -0.489 e. The second-order valence-electron chi connectivity index (χ2n) is 7.44. The fourth-order valence-electron chi connectivity index (χ4n) is 3.63. The van der Waals surface area contributed by atoms with Crippen LogP contribution in [0.1, 0.15) is 17.0 Å². The lowest BCUT2D eigenvalue weighted by molar-refractivity contribution is 0.198. The zero-order valence-electron chi connectivity index (χ0n) is 16.7. The van der Waals surface area contributed by atoms with Gasteiger partial charge in [0.1, 0.15) is 11.9 Å². The van der Waals surface area contributed by atoms with Gasteiger partial charge in [0.15, 0.2) is 0 Å². The van der Waals surface area contributed by atoms with Crippen LogP contribution in [0, 0.1) is 6.92 Å². The fraction of sp³-hybridized carbons (Fsp3) is 0.261. The standard InChI is InChI=1S/C23H22N4O2S/c1-16-21(30-15-24-16)14-27-12-11-20(13-27)28-19-9-7-17(8-10-19)22-25-23(29-26-22)18-5-3-2-4-6-18/h2-10,15,20H,11-14H2,1H3. The molecular weight excluding hydrogens is 396 g/mol. The van der Waals surface area contributed by atoms with Crippen molar-refractivity contribution in [2.45, 2.75) is 26.0 Å². The van der Waals surface area contributed by atoms with Crippen molar-refractivity contribution in [3.63, 3.8) is 0 Å². The van der Waals surface area contributed by atoms with Crippen molar-refractivity contribution in [3.8, 4) is 28.6 Å². The first kappa shape index (κ1) is 19.0. The quantitative estimate of drug-likeness (QED) is 0.447. The van der Waals surface area contributed by atoms with Crippen LogP contribution in [0.25, 0.3) is 22.8 Å². The van der Waals surface area contributed by atoms with Crippen LogP contribution in [0.3, 0.4) is 0 Å². The van der Waals surface area contributed by atoms with Gasteiger partial charge in [0.25, 0.3) is 5.89 Å². The van der Waals surface area contributed by atoms with E-state index in [9.17, 15) is 0 Å². The lowest BCUT2D eigenvalue weighted by Crippen LogP contribution is -2.24. The molecule has 1 aliphatic heterocycles. The van der Waals surface area contributed by atoms with Crippen molar-refractivity contribution in [1.29, 1.82) is 0 Å². The first-order chi connectivity index (χ1) is 14.7. The highest BCUT2D eigenvalue weighted by Crippen LogP contribution is 2.26. The molecule has 3 heterocycles. The van der Waals surface area contributed by atoms with E-state index in [1.54, 1.807) is 11.3 Å². The number of ether oxygens (including phenoxy) is 1. The van der Waals surface area contributed by atoms with Crippen molar-refractivity contribution in [3.05, 3.63) is 70.7 Å². The summed E-state index contributed by atoms with van der Waals surface area (Å²) in [7, 11) is 0.